The van der Waals surface area contributed by atoms with Gasteiger partial charge in [0.1, 0.15) is 0 Å². The van der Waals surface area contributed by atoms with E-state index in [1.165, 1.54) is 13.2 Å². The molecule has 0 bridgehead atoms. The molecule has 20 heavy (non-hydrogen) atoms. The predicted molar refractivity (Wildman–Crippen MR) is 79.1 cm³/mol. The zero-order chi connectivity index (χ0) is 15.0. The Balaban J connectivity index is 2.59. The maximum absolute atomic E-state index is 13.8. The molecule has 1 unspecified atom stereocenters. The van der Waals surface area contributed by atoms with E-state index in [0.717, 1.165) is 25.7 Å². The lowest BCUT2D eigenvalue weighted by Crippen LogP contribution is -2.01. The lowest BCUT2D eigenvalue weighted by atomic mass is 9.95. The Morgan fingerprint density at radius 2 is 1.95 bits per heavy atom. The van der Waals surface area contributed by atoms with Gasteiger partial charge in [0.05, 0.1) is 7.11 Å². The van der Waals surface area contributed by atoms with Crippen molar-refractivity contribution < 1.29 is 13.5 Å². The van der Waals surface area contributed by atoms with Crippen LogP contribution in [-0.4, -0.2) is 7.11 Å². The minimum Gasteiger partial charge on any atom is -0.494 e. The number of hydrogen-bond donors (Lipinski definition) is 0. The van der Waals surface area contributed by atoms with Gasteiger partial charge in [-0.2, -0.15) is 4.39 Å². The lowest BCUT2D eigenvalue weighted by Gasteiger charge is -2.12. The molecule has 0 heterocycles. The number of benzene rings is 1. The molecule has 0 radical (unpaired) electrons. The number of halogens is 2. The van der Waals surface area contributed by atoms with Crippen molar-refractivity contribution in [2.24, 2.45) is 5.92 Å². The Kier molecular flexibility index (Phi) is 7.27. The second-order valence-electron chi connectivity index (χ2n) is 5.02. The molecule has 0 amide bonds. The molecule has 3 heteroatoms. The fraction of sp³-hybridized carbons (Fsp3) is 0.529. The van der Waals surface area contributed by atoms with Crippen LogP contribution in [0.3, 0.4) is 0 Å². The topological polar surface area (TPSA) is 9.23 Å². The smallest absolute Gasteiger partial charge is 0.200 e. The van der Waals surface area contributed by atoms with E-state index in [-0.39, 0.29) is 5.75 Å². The van der Waals surface area contributed by atoms with Gasteiger partial charge in [0, 0.05) is 0 Å². The van der Waals surface area contributed by atoms with E-state index >= 15 is 0 Å². The Bertz CT molecular complexity index is 441. The number of methoxy groups -OCH3 is 1. The quantitative estimate of drug-likeness (QED) is 0.589. The zero-order valence-electron chi connectivity index (χ0n) is 12.6. The van der Waals surface area contributed by atoms with Crippen LogP contribution < -0.4 is 4.74 Å². The summed E-state index contributed by atoms with van der Waals surface area (Å²) < 4.78 is 32.1. The van der Waals surface area contributed by atoms with E-state index in [1.807, 2.05) is 6.92 Å². The number of aryl methyl sites for hydroxylation is 1. The SMILES string of the molecule is CC=CC(CCC)CCCc1ccc(OC)c(F)c1F. The molecule has 1 aromatic rings. The Labute approximate surface area is 120 Å². The molecule has 1 rings (SSSR count). The first-order valence-electron chi connectivity index (χ1n) is 7.27. The number of ether oxygens (including phenoxy) is 1. The highest BCUT2D eigenvalue weighted by Gasteiger charge is 2.14. The van der Waals surface area contributed by atoms with Crippen molar-refractivity contribution in [2.45, 2.75) is 46.0 Å². The van der Waals surface area contributed by atoms with Crippen LogP contribution in [0.2, 0.25) is 0 Å². The molecule has 0 fully saturated rings. The van der Waals surface area contributed by atoms with E-state index < -0.39 is 11.6 Å². The molecule has 0 N–H and O–H groups in total. The van der Waals surface area contributed by atoms with Crippen molar-refractivity contribution >= 4 is 0 Å². The van der Waals surface area contributed by atoms with Gasteiger partial charge in [0.25, 0.3) is 0 Å². The van der Waals surface area contributed by atoms with Crippen LogP contribution in [0.5, 0.6) is 5.75 Å². The van der Waals surface area contributed by atoms with E-state index in [4.69, 9.17) is 4.74 Å². The molecule has 112 valence electrons. The molecule has 0 spiro atoms. The third-order valence-electron chi connectivity index (χ3n) is 3.49. The molecule has 0 saturated heterocycles. The molecule has 0 aliphatic heterocycles. The summed E-state index contributed by atoms with van der Waals surface area (Å²) >= 11 is 0. The molecule has 1 atom stereocenters. The first-order valence-corrected chi connectivity index (χ1v) is 7.27. The normalized spacial score (nSPS) is 12.8. The molecular formula is C17H24F2O. The predicted octanol–water partition coefficient (Wildman–Crippen LogP) is 5.29. The summed E-state index contributed by atoms with van der Waals surface area (Å²) in [5.41, 5.74) is 0.430. The van der Waals surface area contributed by atoms with E-state index in [0.29, 0.717) is 17.9 Å². The molecule has 0 aromatic heterocycles. The molecule has 0 aliphatic rings. The summed E-state index contributed by atoms with van der Waals surface area (Å²) in [5.74, 6) is -1.16. The van der Waals surface area contributed by atoms with Gasteiger partial charge in [-0.15, -0.1) is 0 Å². The van der Waals surface area contributed by atoms with Crippen LogP contribution in [0, 0.1) is 17.6 Å². The summed E-state index contributed by atoms with van der Waals surface area (Å²) in [7, 11) is 1.34. The summed E-state index contributed by atoms with van der Waals surface area (Å²) in [6.07, 6.45) is 8.97. The van der Waals surface area contributed by atoms with Gasteiger partial charge >= 0.3 is 0 Å². The third kappa shape index (κ3) is 4.62. The molecule has 1 aromatic carbocycles. The Hall–Kier alpha value is -1.38. The summed E-state index contributed by atoms with van der Waals surface area (Å²) in [6.45, 7) is 4.18. The van der Waals surface area contributed by atoms with E-state index in [9.17, 15) is 8.78 Å². The number of hydrogen-bond acceptors (Lipinski definition) is 1. The van der Waals surface area contributed by atoms with Crippen molar-refractivity contribution in [1.82, 2.24) is 0 Å². The standard InChI is InChI=1S/C17H24F2O/c1-4-7-13(8-5-2)9-6-10-14-11-12-15(20-3)17(19)16(14)18/h4,7,11-13H,5-6,8-10H2,1-3H3. The summed E-state index contributed by atoms with van der Waals surface area (Å²) in [4.78, 5) is 0. The van der Waals surface area contributed by atoms with Gasteiger partial charge in [-0.05, 0) is 50.2 Å². The van der Waals surface area contributed by atoms with Crippen LogP contribution in [0.25, 0.3) is 0 Å². The van der Waals surface area contributed by atoms with Crippen molar-refractivity contribution in [3.8, 4) is 5.75 Å². The van der Waals surface area contributed by atoms with Gasteiger partial charge in [0.15, 0.2) is 11.6 Å². The van der Waals surface area contributed by atoms with Crippen molar-refractivity contribution in [3.63, 3.8) is 0 Å². The molecule has 1 nitrogen and oxygen atoms in total. The minimum absolute atomic E-state index is 0.0379. The van der Waals surface area contributed by atoms with Crippen LogP contribution in [0.1, 0.15) is 45.1 Å². The minimum atomic E-state index is -0.886. The third-order valence-corrected chi connectivity index (χ3v) is 3.49. The highest BCUT2D eigenvalue weighted by Crippen LogP contribution is 2.24. The van der Waals surface area contributed by atoms with Gasteiger partial charge in [0.2, 0.25) is 5.82 Å². The first-order chi connectivity index (χ1) is 9.63. The Morgan fingerprint density at radius 3 is 2.55 bits per heavy atom. The molecule has 0 aliphatic carbocycles. The largest absolute Gasteiger partial charge is 0.494 e. The highest BCUT2D eigenvalue weighted by atomic mass is 19.2. The summed E-state index contributed by atoms with van der Waals surface area (Å²) in [6, 6.07) is 3.10. The fourth-order valence-corrected chi connectivity index (χ4v) is 2.46. The van der Waals surface area contributed by atoms with Gasteiger partial charge in [-0.1, -0.05) is 31.6 Å². The maximum atomic E-state index is 13.8. The maximum Gasteiger partial charge on any atom is 0.200 e. The van der Waals surface area contributed by atoms with Crippen LogP contribution in [0.4, 0.5) is 8.78 Å². The lowest BCUT2D eigenvalue weighted by molar-refractivity contribution is 0.369. The number of allylic oxidation sites excluding steroid dienone is 2. The van der Waals surface area contributed by atoms with E-state index in [2.05, 4.69) is 19.1 Å². The average Bonchev–Trinajstić information content (AvgIpc) is 2.44. The molecular weight excluding hydrogens is 258 g/mol. The average molecular weight is 282 g/mol. The second-order valence-corrected chi connectivity index (χ2v) is 5.02. The van der Waals surface area contributed by atoms with Crippen molar-refractivity contribution in [1.29, 1.82) is 0 Å². The van der Waals surface area contributed by atoms with Gasteiger partial charge in [-0.25, -0.2) is 4.39 Å². The Morgan fingerprint density at radius 1 is 1.20 bits per heavy atom. The fourth-order valence-electron chi connectivity index (χ4n) is 2.46. The van der Waals surface area contributed by atoms with Crippen LogP contribution >= 0.6 is 0 Å². The van der Waals surface area contributed by atoms with Crippen molar-refractivity contribution in [3.05, 3.63) is 41.5 Å². The van der Waals surface area contributed by atoms with Gasteiger partial charge in [-0.3, -0.25) is 0 Å². The first kappa shape index (κ1) is 16.7. The highest BCUT2D eigenvalue weighted by molar-refractivity contribution is 5.31. The van der Waals surface area contributed by atoms with Crippen LogP contribution in [-0.2, 0) is 6.42 Å². The van der Waals surface area contributed by atoms with Crippen molar-refractivity contribution in [2.75, 3.05) is 7.11 Å². The number of rotatable bonds is 8. The molecule has 0 saturated carbocycles. The monoisotopic (exact) mass is 282 g/mol. The van der Waals surface area contributed by atoms with E-state index in [1.54, 1.807) is 6.07 Å². The summed E-state index contributed by atoms with van der Waals surface area (Å²) in [5, 5.41) is 0. The second kappa shape index (κ2) is 8.72. The zero-order valence-corrected chi connectivity index (χ0v) is 12.6. The van der Waals surface area contributed by atoms with Crippen LogP contribution in [0.15, 0.2) is 24.3 Å². The van der Waals surface area contributed by atoms with Gasteiger partial charge < -0.3 is 4.74 Å².